The summed E-state index contributed by atoms with van der Waals surface area (Å²) in [6.45, 7) is 1.03. The highest BCUT2D eigenvalue weighted by Crippen LogP contribution is 2.35. The number of likely N-dealkylation sites (tertiary alicyclic amines) is 1. The minimum Gasteiger partial charge on any atom is -0.330 e. The van der Waals surface area contributed by atoms with Gasteiger partial charge in [-0.25, -0.2) is 9.07 Å². The topological polar surface area (TPSA) is 63.9 Å². The van der Waals surface area contributed by atoms with Crippen molar-refractivity contribution < 1.29 is 9.18 Å². The van der Waals surface area contributed by atoms with Gasteiger partial charge in [-0.3, -0.25) is 9.78 Å². The van der Waals surface area contributed by atoms with Crippen molar-refractivity contribution in [2.24, 2.45) is 0 Å². The molecule has 7 heteroatoms. The highest BCUT2D eigenvalue weighted by Gasteiger charge is 2.36. The number of hydrogen-bond acceptors (Lipinski definition) is 4. The Morgan fingerprint density at radius 3 is 2.76 bits per heavy atom. The molecule has 25 heavy (non-hydrogen) atoms. The van der Waals surface area contributed by atoms with Gasteiger partial charge in [0.1, 0.15) is 5.82 Å². The van der Waals surface area contributed by atoms with Gasteiger partial charge in [-0.2, -0.15) is 0 Å². The Kier molecular flexibility index (Phi) is 3.97. The molecule has 1 atom stereocenters. The van der Waals surface area contributed by atoms with Gasteiger partial charge < -0.3 is 4.90 Å². The molecule has 0 radical (unpaired) electrons. The summed E-state index contributed by atoms with van der Waals surface area (Å²) in [7, 11) is 0. The van der Waals surface area contributed by atoms with Gasteiger partial charge in [0, 0.05) is 18.3 Å². The predicted molar refractivity (Wildman–Crippen MR) is 88.2 cm³/mol. The van der Waals surface area contributed by atoms with Crippen LogP contribution in [0.1, 0.15) is 34.2 Å². The smallest absolute Gasteiger partial charge is 0.276 e. The second-order valence-corrected chi connectivity index (χ2v) is 5.95. The molecule has 0 N–H and O–H groups in total. The van der Waals surface area contributed by atoms with Gasteiger partial charge in [0.05, 0.1) is 24.5 Å². The molecule has 1 fully saturated rings. The van der Waals surface area contributed by atoms with E-state index in [-0.39, 0.29) is 23.5 Å². The third-order valence-corrected chi connectivity index (χ3v) is 4.35. The van der Waals surface area contributed by atoms with Gasteiger partial charge >= 0.3 is 0 Å². The molecule has 1 unspecified atom stereocenters. The first-order valence-electron chi connectivity index (χ1n) is 8.08. The van der Waals surface area contributed by atoms with E-state index in [0.29, 0.717) is 18.7 Å². The standard InChI is InChI=1S/C18H16FN5O/c19-15-7-2-1-6-14(15)17-8-10-24(17)18(25)16-12-23(22-21-16)11-13-5-3-4-9-20-13/h1-7,9,12,17H,8,10-11H2. The zero-order chi connectivity index (χ0) is 17.2. The second-order valence-electron chi connectivity index (χ2n) is 5.95. The van der Waals surface area contributed by atoms with E-state index >= 15 is 0 Å². The van der Waals surface area contributed by atoms with Crippen molar-refractivity contribution in [3.05, 3.63) is 77.6 Å². The number of halogens is 1. The van der Waals surface area contributed by atoms with Gasteiger partial charge in [-0.15, -0.1) is 5.10 Å². The van der Waals surface area contributed by atoms with E-state index in [1.807, 2.05) is 18.2 Å². The summed E-state index contributed by atoms with van der Waals surface area (Å²) in [5.74, 6) is -0.518. The Morgan fingerprint density at radius 2 is 2.04 bits per heavy atom. The normalized spacial score (nSPS) is 16.5. The molecule has 0 saturated carbocycles. The molecule has 1 aliphatic rings. The maximum absolute atomic E-state index is 14.0. The molecule has 3 aromatic rings. The highest BCUT2D eigenvalue weighted by atomic mass is 19.1. The number of carbonyl (C=O) groups excluding carboxylic acids is 1. The lowest BCUT2D eigenvalue weighted by Crippen LogP contribution is -2.45. The Morgan fingerprint density at radius 1 is 1.20 bits per heavy atom. The Balaban J connectivity index is 1.49. The fraction of sp³-hybridized carbons (Fsp3) is 0.222. The van der Waals surface area contributed by atoms with Crippen LogP contribution in [0, 0.1) is 5.82 Å². The van der Waals surface area contributed by atoms with Crippen LogP contribution in [0.3, 0.4) is 0 Å². The molecule has 6 nitrogen and oxygen atoms in total. The minimum absolute atomic E-state index is 0.230. The van der Waals surface area contributed by atoms with Crippen molar-refractivity contribution in [3.8, 4) is 0 Å². The summed E-state index contributed by atoms with van der Waals surface area (Å²) >= 11 is 0. The fourth-order valence-corrected chi connectivity index (χ4v) is 2.98. The molecule has 3 heterocycles. The quantitative estimate of drug-likeness (QED) is 0.733. The average Bonchev–Trinajstić information content (AvgIpc) is 3.05. The van der Waals surface area contributed by atoms with Crippen LogP contribution in [-0.4, -0.2) is 37.3 Å². The lowest BCUT2D eigenvalue weighted by molar-refractivity contribution is 0.0446. The first-order chi connectivity index (χ1) is 12.2. The molecular formula is C18H16FN5O. The number of rotatable bonds is 4. The lowest BCUT2D eigenvalue weighted by Gasteiger charge is -2.40. The molecule has 4 rings (SSSR count). The predicted octanol–water partition coefficient (Wildman–Crippen LogP) is 2.45. The molecule has 1 aromatic carbocycles. The van der Waals surface area contributed by atoms with Crippen molar-refractivity contribution in [1.29, 1.82) is 0 Å². The molecule has 1 amide bonds. The summed E-state index contributed by atoms with van der Waals surface area (Å²) < 4.78 is 15.5. The number of hydrogen-bond donors (Lipinski definition) is 0. The zero-order valence-corrected chi connectivity index (χ0v) is 13.4. The summed E-state index contributed by atoms with van der Waals surface area (Å²) in [5.41, 5.74) is 1.64. The molecule has 0 bridgehead atoms. The Labute approximate surface area is 143 Å². The van der Waals surface area contributed by atoms with E-state index in [1.165, 1.54) is 6.07 Å². The maximum atomic E-state index is 14.0. The van der Waals surface area contributed by atoms with Crippen molar-refractivity contribution in [3.63, 3.8) is 0 Å². The fourth-order valence-electron chi connectivity index (χ4n) is 2.98. The lowest BCUT2D eigenvalue weighted by atomic mass is 9.94. The largest absolute Gasteiger partial charge is 0.330 e. The van der Waals surface area contributed by atoms with Gasteiger partial charge in [0.15, 0.2) is 5.69 Å². The van der Waals surface area contributed by atoms with E-state index < -0.39 is 0 Å². The van der Waals surface area contributed by atoms with E-state index in [0.717, 1.165) is 12.1 Å². The van der Waals surface area contributed by atoms with Crippen LogP contribution in [0.15, 0.2) is 54.9 Å². The number of carbonyl (C=O) groups is 1. The first kappa shape index (κ1) is 15.4. The van der Waals surface area contributed by atoms with Crippen LogP contribution in [0.25, 0.3) is 0 Å². The van der Waals surface area contributed by atoms with Crippen molar-refractivity contribution in [2.45, 2.75) is 19.0 Å². The number of nitrogens with zero attached hydrogens (tertiary/aromatic N) is 5. The van der Waals surface area contributed by atoms with Gasteiger partial charge in [-0.05, 0) is 24.6 Å². The molecular weight excluding hydrogens is 321 g/mol. The summed E-state index contributed by atoms with van der Waals surface area (Å²) in [6.07, 6.45) is 4.06. The summed E-state index contributed by atoms with van der Waals surface area (Å²) in [4.78, 5) is 18.5. The monoisotopic (exact) mass is 337 g/mol. The van der Waals surface area contributed by atoms with Crippen molar-refractivity contribution in [1.82, 2.24) is 24.9 Å². The minimum atomic E-state index is -0.288. The van der Waals surface area contributed by atoms with E-state index in [2.05, 4.69) is 15.3 Å². The van der Waals surface area contributed by atoms with Crippen molar-refractivity contribution in [2.75, 3.05) is 6.54 Å². The molecule has 1 saturated heterocycles. The van der Waals surface area contributed by atoms with Crippen LogP contribution in [-0.2, 0) is 6.54 Å². The van der Waals surface area contributed by atoms with Crippen LogP contribution >= 0.6 is 0 Å². The molecule has 0 spiro atoms. The zero-order valence-electron chi connectivity index (χ0n) is 13.4. The maximum Gasteiger partial charge on any atom is 0.276 e. The number of pyridine rings is 1. The van der Waals surface area contributed by atoms with Crippen LogP contribution in [0.5, 0.6) is 0 Å². The average molecular weight is 337 g/mol. The summed E-state index contributed by atoms with van der Waals surface area (Å²) in [5, 5.41) is 7.96. The second kappa shape index (κ2) is 6.43. The number of aromatic nitrogens is 4. The molecule has 126 valence electrons. The highest BCUT2D eigenvalue weighted by molar-refractivity contribution is 5.92. The third kappa shape index (κ3) is 3.00. The van der Waals surface area contributed by atoms with Crippen LogP contribution in [0.2, 0.25) is 0 Å². The molecule has 2 aromatic heterocycles. The SMILES string of the molecule is O=C(c1cn(Cc2ccccn2)nn1)N1CCC1c1ccccc1F. The van der Waals surface area contributed by atoms with Gasteiger partial charge in [0.25, 0.3) is 5.91 Å². The van der Waals surface area contributed by atoms with Crippen LogP contribution in [0.4, 0.5) is 4.39 Å². The van der Waals surface area contributed by atoms with E-state index in [9.17, 15) is 9.18 Å². The third-order valence-electron chi connectivity index (χ3n) is 4.35. The summed E-state index contributed by atoms with van der Waals surface area (Å²) in [6, 6.07) is 11.9. The van der Waals surface area contributed by atoms with E-state index in [4.69, 9.17) is 0 Å². The Bertz CT molecular complexity index is 895. The van der Waals surface area contributed by atoms with Gasteiger partial charge in [-0.1, -0.05) is 29.5 Å². The number of amides is 1. The molecule has 0 aliphatic carbocycles. The first-order valence-corrected chi connectivity index (χ1v) is 8.08. The van der Waals surface area contributed by atoms with Crippen LogP contribution < -0.4 is 0 Å². The number of benzene rings is 1. The van der Waals surface area contributed by atoms with Crippen molar-refractivity contribution >= 4 is 5.91 Å². The Hall–Kier alpha value is -3.09. The van der Waals surface area contributed by atoms with E-state index in [1.54, 1.807) is 40.2 Å². The molecule has 1 aliphatic heterocycles. The van der Waals surface area contributed by atoms with Gasteiger partial charge in [0.2, 0.25) is 0 Å².